The molecule has 0 atom stereocenters. The molecule has 0 radical (unpaired) electrons. The van der Waals surface area contributed by atoms with E-state index in [9.17, 15) is 4.39 Å². The predicted molar refractivity (Wildman–Crippen MR) is 47.2 cm³/mol. The number of halogens is 2. The van der Waals surface area contributed by atoms with Crippen LogP contribution in [0.5, 0.6) is 5.75 Å². The summed E-state index contributed by atoms with van der Waals surface area (Å²) in [6.45, 7) is 1.65. The van der Waals surface area contributed by atoms with Crippen molar-refractivity contribution >= 4 is 17.5 Å². The molecular formula is C8H9ClFNO. The van der Waals surface area contributed by atoms with E-state index < -0.39 is 0 Å². The Morgan fingerprint density at radius 1 is 1.50 bits per heavy atom. The molecule has 0 aliphatic carbocycles. The topological polar surface area (TPSA) is 21.3 Å². The quantitative estimate of drug-likeness (QED) is 0.723. The second-order valence-electron chi connectivity index (χ2n) is 2.40. The average molecular weight is 190 g/mol. The highest BCUT2D eigenvalue weighted by molar-refractivity contribution is 6.24. The maximum atomic E-state index is 13.1. The van der Waals surface area contributed by atoms with Crippen molar-refractivity contribution in [1.82, 2.24) is 0 Å². The van der Waals surface area contributed by atoms with E-state index in [1.165, 1.54) is 13.2 Å². The number of rotatable bonds is 2. The Morgan fingerprint density at radius 3 is 2.67 bits per heavy atom. The molecule has 0 saturated carbocycles. The van der Waals surface area contributed by atoms with Gasteiger partial charge in [-0.3, -0.25) is 4.84 Å². The maximum absolute atomic E-state index is 13.1. The highest BCUT2D eigenvalue weighted by atomic mass is 35.5. The minimum absolute atomic E-state index is 0.193. The van der Waals surface area contributed by atoms with E-state index in [-0.39, 0.29) is 11.6 Å². The molecule has 2 nitrogen and oxygen atoms in total. The molecule has 0 aliphatic heterocycles. The zero-order valence-corrected chi connectivity index (χ0v) is 7.57. The first-order valence-electron chi connectivity index (χ1n) is 3.40. The Kier molecular flexibility index (Phi) is 2.76. The first kappa shape index (κ1) is 9.13. The fraction of sp³-hybridized carbons (Fsp3) is 0.250. The van der Waals surface area contributed by atoms with Crippen LogP contribution >= 0.6 is 11.8 Å². The molecule has 0 spiro atoms. The second kappa shape index (κ2) is 3.63. The van der Waals surface area contributed by atoms with Gasteiger partial charge in [-0.05, 0) is 18.6 Å². The van der Waals surface area contributed by atoms with Gasteiger partial charge in [0.15, 0.2) is 11.6 Å². The Balaban J connectivity index is 3.19. The van der Waals surface area contributed by atoms with E-state index >= 15 is 0 Å². The monoisotopic (exact) mass is 189 g/mol. The lowest BCUT2D eigenvalue weighted by molar-refractivity contribution is 0.385. The van der Waals surface area contributed by atoms with Crippen LogP contribution in [-0.2, 0) is 0 Å². The van der Waals surface area contributed by atoms with E-state index in [0.29, 0.717) is 11.3 Å². The summed E-state index contributed by atoms with van der Waals surface area (Å²) in [7, 11) is 1.41. The van der Waals surface area contributed by atoms with Gasteiger partial charge in [-0.25, -0.2) is 4.39 Å². The molecule has 0 fully saturated rings. The van der Waals surface area contributed by atoms with Crippen molar-refractivity contribution in [2.45, 2.75) is 6.92 Å². The number of anilines is 1. The van der Waals surface area contributed by atoms with Crippen molar-refractivity contribution in [3.05, 3.63) is 23.5 Å². The number of aryl methyl sites for hydroxylation is 1. The number of hydrogen-bond donors (Lipinski definition) is 1. The first-order chi connectivity index (χ1) is 5.69. The van der Waals surface area contributed by atoms with Crippen LogP contribution in [0.1, 0.15) is 5.56 Å². The van der Waals surface area contributed by atoms with Crippen LogP contribution in [0.4, 0.5) is 10.1 Å². The van der Waals surface area contributed by atoms with Gasteiger partial charge in [0.2, 0.25) is 0 Å². The van der Waals surface area contributed by atoms with Gasteiger partial charge in [-0.15, -0.1) is 0 Å². The van der Waals surface area contributed by atoms with Crippen LogP contribution in [0.15, 0.2) is 12.1 Å². The number of hydrogen-bond acceptors (Lipinski definition) is 2. The van der Waals surface area contributed by atoms with E-state index in [1.807, 2.05) is 0 Å². The first-order valence-corrected chi connectivity index (χ1v) is 3.77. The summed E-state index contributed by atoms with van der Waals surface area (Å²) in [5.74, 6) is -0.161. The fourth-order valence-corrected chi connectivity index (χ4v) is 1.05. The van der Waals surface area contributed by atoms with Crippen molar-refractivity contribution in [1.29, 1.82) is 0 Å². The number of nitrogens with one attached hydrogen (secondary N) is 1. The molecule has 4 heteroatoms. The lowest BCUT2D eigenvalue weighted by Gasteiger charge is -2.06. The molecule has 0 saturated heterocycles. The van der Waals surface area contributed by atoms with Crippen LogP contribution in [-0.4, -0.2) is 7.11 Å². The molecule has 0 unspecified atom stereocenters. The Hall–Kier alpha value is -0.960. The third-order valence-electron chi connectivity index (χ3n) is 1.55. The largest absolute Gasteiger partial charge is 0.494 e. The zero-order chi connectivity index (χ0) is 9.14. The summed E-state index contributed by atoms with van der Waals surface area (Å²) < 4.78 is 17.9. The minimum Gasteiger partial charge on any atom is -0.494 e. The van der Waals surface area contributed by atoms with Crippen LogP contribution in [0.25, 0.3) is 0 Å². The summed E-state index contributed by atoms with van der Waals surface area (Å²) in [4.78, 5) is 2.40. The molecule has 12 heavy (non-hydrogen) atoms. The van der Waals surface area contributed by atoms with Gasteiger partial charge >= 0.3 is 0 Å². The zero-order valence-electron chi connectivity index (χ0n) is 6.82. The molecule has 0 bridgehead atoms. The van der Waals surface area contributed by atoms with Crippen LogP contribution in [0.2, 0.25) is 0 Å². The third kappa shape index (κ3) is 1.61. The lowest BCUT2D eigenvalue weighted by atomic mass is 10.2. The maximum Gasteiger partial charge on any atom is 0.168 e. The van der Waals surface area contributed by atoms with Gasteiger partial charge in [0.1, 0.15) is 0 Å². The summed E-state index contributed by atoms with van der Waals surface area (Å²) in [6, 6.07) is 3.10. The molecule has 0 heterocycles. The van der Waals surface area contributed by atoms with Crippen molar-refractivity contribution in [2.24, 2.45) is 0 Å². The van der Waals surface area contributed by atoms with Crippen LogP contribution in [0, 0.1) is 12.7 Å². The Labute approximate surface area is 75.4 Å². The van der Waals surface area contributed by atoms with Crippen molar-refractivity contribution in [3.8, 4) is 5.75 Å². The molecule has 0 aliphatic rings. The smallest absolute Gasteiger partial charge is 0.168 e. The van der Waals surface area contributed by atoms with E-state index in [4.69, 9.17) is 16.5 Å². The van der Waals surface area contributed by atoms with Crippen molar-refractivity contribution in [3.63, 3.8) is 0 Å². The molecule has 0 amide bonds. The standard InChI is InChI=1S/C8H9ClFNO/c1-5-3-6(11-9)4-7(12-2)8(5)10/h3-4,11H,1-2H3. The van der Waals surface area contributed by atoms with Gasteiger partial charge in [0.05, 0.1) is 12.8 Å². The van der Waals surface area contributed by atoms with Gasteiger partial charge in [-0.1, -0.05) is 0 Å². The fourth-order valence-electron chi connectivity index (χ4n) is 0.940. The summed E-state index contributed by atoms with van der Waals surface area (Å²) in [6.07, 6.45) is 0. The van der Waals surface area contributed by atoms with Crippen LogP contribution < -0.4 is 9.57 Å². The highest BCUT2D eigenvalue weighted by Gasteiger charge is 2.06. The molecular weight excluding hydrogens is 181 g/mol. The van der Waals surface area contributed by atoms with Gasteiger partial charge in [0.25, 0.3) is 0 Å². The average Bonchev–Trinajstić information content (AvgIpc) is 2.09. The molecule has 0 aromatic heterocycles. The molecule has 1 N–H and O–H groups in total. The summed E-state index contributed by atoms with van der Waals surface area (Å²) in [5.41, 5.74) is 1.12. The Morgan fingerprint density at radius 2 is 2.17 bits per heavy atom. The van der Waals surface area contributed by atoms with Crippen LogP contribution in [0.3, 0.4) is 0 Å². The predicted octanol–water partition coefficient (Wildman–Crippen LogP) is 2.71. The summed E-state index contributed by atoms with van der Waals surface area (Å²) >= 11 is 5.35. The minimum atomic E-state index is -0.354. The SMILES string of the molecule is COc1cc(NCl)cc(C)c1F. The number of methoxy groups -OCH3 is 1. The lowest BCUT2D eigenvalue weighted by Crippen LogP contribution is -1.93. The third-order valence-corrected chi connectivity index (χ3v) is 1.77. The van der Waals surface area contributed by atoms with Crippen molar-refractivity contribution < 1.29 is 9.13 Å². The van der Waals surface area contributed by atoms with E-state index in [0.717, 1.165) is 0 Å². The van der Waals surface area contributed by atoms with Crippen molar-refractivity contribution in [2.75, 3.05) is 11.9 Å². The second-order valence-corrected chi connectivity index (χ2v) is 2.59. The van der Waals surface area contributed by atoms with Gasteiger partial charge in [-0.2, -0.15) is 0 Å². The summed E-state index contributed by atoms with van der Waals surface area (Å²) in [5, 5.41) is 0. The number of ether oxygens (including phenoxy) is 1. The number of benzene rings is 1. The Bertz CT molecular complexity index is 291. The highest BCUT2D eigenvalue weighted by Crippen LogP contribution is 2.25. The van der Waals surface area contributed by atoms with E-state index in [2.05, 4.69) is 4.84 Å². The molecule has 1 aromatic carbocycles. The molecule has 1 rings (SSSR count). The van der Waals surface area contributed by atoms with E-state index in [1.54, 1.807) is 13.0 Å². The normalized spacial score (nSPS) is 9.67. The van der Waals surface area contributed by atoms with Gasteiger partial charge in [0, 0.05) is 17.8 Å². The molecule has 66 valence electrons. The van der Waals surface area contributed by atoms with Gasteiger partial charge < -0.3 is 4.74 Å². The molecule has 1 aromatic rings.